The zero-order chi connectivity index (χ0) is 13.7. The lowest BCUT2D eigenvalue weighted by molar-refractivity contribution is -0.121. The molecule has 0 aliphatic carbocycles. The first kappa shape index (κ1) is 13.5. The number of hydrogen-bond donors (Lipinski definition) is 2. The number of nitrogens with two attached hydrogens (primary N) is 1. The topological polar surface area (TPSA) is 75.4 Å². The smallest absolute Gasteiger partial charge is 0.254 e. The molecular weight excluding hydrogens is 242 g/mol. The van der Waals surface area contributed by atoms with Gasteiger partial charge in [-0.05, 0) is 37.1 Å². The van der Waals surface area contributed by atoms with Gasteiger partial charge < -0.3 is 16.0 Å². The lowest BCUT2D eigenvalue weighted by Crippen LogP contribution is -2.37. The maximum atomic E-state index is 12.4. The van der Waals surface area contributed by atoms with Gasteiger partial charge in [0.25, 0.3) is 5.91 Å². The highest BCUT2D eigenvalue weighted by Gasteiger charge is 2.20. The molecule has 0 spiro atoms. The molecule has 1 aromatic rings. The molecule has 0 unspecified atom stereocenters. The first-order chi connectivity index (χ1) is 9.20. The minimum absolute atomic E-state index is 0.0871. The van der Waals surface area contributed by atoms with Crippen molar-refractivity contribution < 1.29 is 9.59 Å². The van der Waals surface area contributed by atoms with Crippen LogP contribution in [0, 0.1) is 0 Å². The summed E-state index contributed by atoms with van der Waals surface area (Å²) in [6.07, 6.45) is 1.54. The summed E-state index contributed by atoms with van der Waals surface area (Å²) in [5.74, 6) is -0.181. The number of nitrogens with one attached hydrogen (secondary N) is 1. The van der Waals surface area contributed by atoms with Crippen molar-refractivity contribution >= 4 is 11.8 Å². The molecule has 0 aromatic heterocycles. The van der Waals surface area contributed by atoms with Crippen LogP contribution in [0.15, 0.2) is 24.3 Å². The van der Waals surface area contributed by atoms with E-state index in [1.54, 1.807) is 11.0 Å². The van der Waals surface area contributed by atoms with Crippen molar-refractivity contribution in [2.75, 3.05) is 26.2 Å². The van der Waals surface area contributed by atoms with Gasteiger partial charge in [0.15, 0.2) is 0 Å². The van der Waals surface area contributed by atoms with Crippen molar-refractivity contribution in [1.82, 2.24) is 10.2 Å². The lowest BCUT2D eigenvalue weighted by atomic mass is 10.1. The van der Waals surface area contributed by atoms with Gasteiger partial charge in [-0.1, -0.05) is 12.1 Å². The van der Waals surface area contributed by atoms with Crippen molar-refractivity contribution in [3.8, 4) is 0 Å². The molecule has 0 radical (unpaired) electrons. The summed E-state index contributed by atoms with van der Waals surface area (Å²) < 4.78 is 0. The molecule has 2 amide bonds. The van der Waals surface area contributed by atoms with Crippen molar-refractivity contribution in [1.29, 1.82) is 0 Å². The van der Waals surface area contributed by atoms with Crippen LogP contribution in [0.3, 0.4) is 0 Å². The number of benzene rings is 1. The van der Waals surface area contributed by atoms with E-state index < -0.39 is 0 Å². The molecule has 102 valence electrons. The molecular formula is C14H19N3O2. The van der Waals surface area contributed by atoms with E-state index in [-0.39, 0.29) is 18.4 Å². The number of carbonyl (C=O) groups is 2. The average Bonchev–Trinajstić information content (AvgIpc) is 2.63. The van der Waals surface area contributed by atoms with Crippen molar-refractivity contribution in [3.63, 3.8) is 0 Å². The van der Waals surface area contributed by atoms with Crippen molar-refractivity contribution in [2.24, 2.45) is 5.73 Å². The van der Waals surface area contributed by atoms with Crippen molar-refractivity contribution in [2.45, 2.75) is 12.8 Å². The van der Waals surface area contributed by atoms with Crippen LogP contribution in [-0.4, -0.2) is 42.9 Å². The van der Waals surface area contributed by atoms with Gasteiger partial charge in [0, 0.05) is 18.7 Å². The van der Waals surface area contributed by atoms with Gasteiger partial charge in [-0.25, -0.2) is 0 Å². The Morgan fingerprint density at radius 2 is 2.26 bits per heavy atom. The molecule has 1 saturated heterocycles. The number of amides is 2. The fourth-order valence-electron chi connectivity index (χ4n) is 2.19. The molecule has 1 aliphatic heterocycles. The highest BCUT2D eigenvalue weighted by atomic mass is 16.2. The van der Waals surface area contributed by atoms with Crippen LogP contribution in [0.2, 0.25) is 0 Å². The second-order valence-corrected chi connectivity index (χ2v) is 4.67. The minimum atomic E-state index is -0.0936. The maximum absolute atomic E-state index is 12.4. The SMILES string of the molecule is NCCc1cccc(C(=O)N2CCCNC(=O)C2)c1. The Hall–Kier alpha value is -1.88. The maximum Gasteiger partial charge on any atom is 0.254 e. The second kappa shape index (κ2) is 6.33. The largest absolute Gasteiger partial charge is 0.354 e. The van der Waals surface area contributed by atoms with Gasteiger partial charge in [-0.3, -0.25) is 9.59 Å². The molecule has 1 fully saturated rings. The Bertz CT molecular complexity index is 474. The van der Waals surface area contributed by atoms with E-state index in [2.05, 4.69) is 5.32 Å². The van der Waals surface area contributed by atoms with Crippen LogP contribution in [0.1, 0.15) is 22.3 Å². The first-order valence-electron chi connectivity index (χ1n) is 6.55. The summed E-state index contributed by atoms with van der Waals surface area (Å²) in [5, 5.41) is 2.76. The van der Waals surface area contributed by atoms with Gasteiger partial charge in [-0.2, -0.15) is 0 Å². The second-order valence-electron chi connectivity index (χ2n) is 4.67. The predicted molar refractivity (Wildman–Crippen MR) is 72.7 cm³/mol. The highest BCUT2D eigenvalue weighted by Crippen LogP contribution is 2.10. The van der Waals surface area contributed by atoms with Crippen LogP contribution in [0.4, 0.5) is 0 Å². The van der Waals surface area contributed by atoms with E-state index in [0.29, 0.717) is 25.2 Å². The van der Waals surface area contributed by atoms with Gasteiger partial charge >= 0.3 is 0 Å². The van der Waals surface area contributed by atoms with Gasteiger partial charge in [0.2, 0.25) is 5.91 Å². The Labute approximate surface area is 112 Å². The summed E-state index contributed by atoms with van der Waals surface area (Å²) in [6.45, 7) is 1.94. The number of carbonyl (C=O) groups excluding carboxylic acids is 2. The zero-order valence-corrected chi connectivity index (χ0v) is 10.9. The van der Waals surface area contributed by atoms with E-state index in [4.69, 9.17) is 5.73 Å². The average molecular weight is 261 g/mol. The fraction of sp³-hybridized carbons (Fsp3) is 0.429. The van der Waals surface area contributed by atoms with Gasteiger partial charge in [-0.15, -0.1) is 0 Å². The third-order valence-electron chi connectivity index (χ3n) is 3.16. The molecule has 3 N–H and O–H groups in total. The molecule has 1 aromatic carbocycles. The molecule has 19 heavy (non-hydrogen) atoms. The Morgan fingerprint density at radius 3 is 3.05 bits per heavy atom. The zero-order valence-electron chi connectivity index (χ0n) is 10.9. The summed E-state index contributed by atoms with van der Waals surface area (Å²) in [6, 6.07) is 7.46. The minimum Gasteiger partial charge on any atom is -0.354 e. The van der Waals surface area contributed by atoms with Gasteiger partial charge in [0.05, 0.1) is 6.54 Å². The molecule has 5 nitrogen and oxygen atoms in total. The summed E-state index contributed by atoms with van der Waals surface area (Å²) >= 11 is 0. The normalized spacial score (nSPS) is 15.8. The third-order valence-corrected chi connectivity index (χ3v) is 3.16. The Morgan fingerprint density at radius 1 is 1.42 bits per heavy atom. The highest BCUT2D eigenvalue weighted by molar-refractivity contribution is 5.96. The summed E-state index contributed by atoms with van der Waals surface area (Å²) in [4.78, 5) is 25.4. The monoisotopic (exact) mass is 261 g/mol. The predicted octanol–water partition coefficient (Wildman–Crippen LogP) is 0.150. The molecule has 2 rings (SSSR count). The molecule has 1 heterocycles. The van der Waals surface area contributed by atoms with Crippen molar-refractivity contribution in [3.05, 3.63) is 35.4 Å². The number of rotatable bonds is 3. The van der Waals surface area contributed by atoms with E-state index in [1.807, 2.05) is 18.2 Å². The number of hydrogen-bond acceptors (Lipinski definition) is 3. The van der Waals surface area contributed by atoms with Crippen LogP contribution >= 0.6 is 0 Å². The standard InChI is InChI=1S/C14H19N3O2/c15-6-5-11-3-1-4-12(9-11)14(19)17-8-2-7-16-13(18)10-17/h1,3-4,9H,2,5-8,10,15H2,(H,16,18). The molecule has 5 heteroatoms. The summed E-state index contributed by atoms with van der Waals surface area (Å²) in [5.41, 5.74) is 7.19. The van der Waals surface area contributed by atoms with E-state index in [0.717, 1.165) is 18.4 Å². The number of nitrogens with zero attached hydrogens (tertiary/aromatic N) is 1. The van der Waals surface area contributed by atoms with Crippen LogP contribution in [0.5, 0.6) is 0 Å². The molecule has 0 saturated carbocycles. The molecule has 0 atom stereocenters. The van der Waals surface area contributed by atoms with Crippen LogP contribution in [-0.2, 0) is 11.2 Å². The Balaban J connectivity index is 2.13. The third kappa shape index (κ3) is 3.54. The first-order valence-corrected chi connectivity index (χ1v) is 6.55. The fourth-order valence-corrected chi connectivity index (χ4v) is 2.19. The van der Waals surface area contributed by atoms with E-state index in [1.165, 1.54) is 0 Å². The van der Waals surface area contributed by atoms with Crippen LogP contribution < -0.4 is 11.1 Å². The van der Waals surface area contributed by atoms with Crippen LogP contribution in [0.25, 0.3) is 0 Å². The Kier molecular flexibility index (Phi) is 4.52. The van der Waals surface area contributed by atoms with Gasteiger partial charge in [0.1, 0.15) is 0 Å². The lowest BCUT2D eigenvalue weighted by Gasteiger charge is -2.19. The molecule has 0 bridgehead atoms. The quantitative estimate of drug-likeness (QED) is 0.813. The summed E-state index contributed by atoms with van der Waals surface area (Å²) in [7, 11) is 0. The van der Waals surface area contributed by atoms with E-state index >= 15 is 0 Å². The van der Waals surface area contributed by atoms with E-state index in [9.17, 15) is 9.59 Å². The molecule has 1 aliphatic rings.